The van der Waals surface area contributed by atoms with Crippen molar-refractivity contribution in [2.45, 2.75) is 117 Å². The molecule has 8 heteroatoms. The molecule has 2 aromatic rings. The van der Waals surface area contributed by atoms with E-state index in [1.165, 1.54) is 51.4 Å². The standard InChI is InChI=1S/C32H48N4O4/c1-5-6-7-8-9-10-11-12-13-14-16-27-20-23-29(30(25-27)36(38)39)35-34-28-21-18-26(19-22-28)17-15-24-33-31(37)40-32(2,3)4/h18-23,25H,5-17,24H2,1-4H3,(H,33,37). The first-order chi connectivity index (χ1) is 19.2. The van der Waals surface area contributed by atoms with E-state index in [0.29, 0.717) is 12.2 Å². The molecule has 0 unspecified atom stereocenters. The maximum absolute atomic E-state index is 11.7. The third-order valence-electron chi connectivity index (χ3n) is 6.58. The number of ether oxygens (including phenoxy) is 1. The average molecular weight is 553 g/mol. The number of hydrogen-bond acceptors (Lipinski definition) is 6. The highest BCUT2D eigenvalue weighted by atomic mass is 16.6. The van der Waals surface area contributed by atoms with Crippen LogP contribution in [0.3, 0.4) is 0 Å². The summed E-state index contributed by atoms with van der Waals surface area (Å²) in [5, 5.41) is 22.8. The second kappa shape index (κ2) is 18.1. The third kappa shape index (κ3) is 14.2. The summed E-state index contributed by atoms with van der Waals surface area (Å²) in [4.78, 5) is 23.0. The maximum Gasteiger partial charge on any atom is 0.407 e. The lowest BCUT2D eigenvalue weighted by Crippen LogP contribution is -2.33. The molecule has 0 heterocycles. The molecule has 1 N–H and O–H groups in total. The van der Waals surface area contributed by atoms with Gasteiger partial charge in [-0.25, -0.2) is 4.79 Å². The van der Waals surface area contributed by atoms with E-state index < -0.39 is 11.7 Å². The number of aryl methyl sites for hydroxylation is 2. The molecular formula is C32H48N4O4. The van der Waals surface area contributed by atoms with Crippen LogP contribution in [0.15, 0.2) is 52.7 Å². The Hall–Kier alpha value is -3.29. The molecule has 0 aromatic heterocycles. The van der Waals surface area contributed by atoms with E-state index >= 15 is 0 Å². The zero-order valence-electron chi connectivity index (χ0n) is 24.9. The van der Waals surface area contributed by atoms with Gasteiger partial charge in [0.1, 0.15) is 5.60 Å². The zero-order valence-corrected chi connectivity index (χ0v) is 24.9. The van der Waals surface area contributed by atoms with Crippen LogP contribution in [0.5, 0.6) is 0 Å². The van der Waals surface area contributed by atoms with Crippen molar-refractivity contribution >= 4 is 23.2 Å². The van der Waals surface area contributed by atoms with Gasteiger partial charge in [-0.15, -0.1) is 5.11 Å². The molecule has 2 rings (SSSR count). The third-order valence-corrected chi connectivity index (χ3v) is 6.58. The number of nitrogens with one attached hydrogen (secondary N) is 1. The number of amides is 1. The van der Waals surface area contributed by atoms with Crippen molar-refractivity contribution in [3.8, 4) is 0 Å². The van der Waals surface area contributed by atoms with E-state index in [2.05, 4.69) is 22.5 Å². The van der Waals surface area contributed by atoms with Crippen LogP contribution in [0.2, 0.25) is 0 Å². The Morgan fingerprint density at radius 2 is 1.40 bits per heavy atom. The topological polar surface area (TPSA) is 106 Å². The number of nitro groups is 1. The number of carbonyl (C=O) groups is 1. The van der Waals surface area contributed by atoms with E-state index in [0.717, 1.165) is 43.2 Å². The summed E-state index contributed by atoms with van der Waals surface area (Å²) in [6, 6.07) is 12.8. The van der Waals surface area contributed by atoms with Gasteiger partial charge < -0.3 is 10.1 Å². The first-order valence-electron chi connectivity index (χ1n) is 14.9. The van der Waals surface area contributed by atoms with Crippen molar-refractivity contribution < 1.29 is 14.5 Å². The van der Waals surface area contributed by atoms with Crippen LogP contribution in [0.25, 0.3) is 0 Å². The number of carbonyl (C=O) groups excluding carboxylic acids is 1. The smallest absolute Gasteiger partial charge is 0.407 e. The lowest BCUT2D eigenvalue weighted by atomic mass is 10.0. The average Bonchev–Trinajstić information content (AvgIpc) is 2.91. The predicted octanol–water partition coefficient (Wildman–Crippen LogP) is 9.93. The second-order valence-electron chi connectivity index (χ2n) is 11.4. The minimum absolute atomic E-state index is 0.0116. The Bertz CT molecular complexity index is 1060. The summed E-state index contributed by atoms with van der Waals surface area (Å²) in [5.74, 6) is 0. The van der Waals surface area contributed by atoms with Crippen molar-refractivity contribution in [3.63, 3.8) is 0 Å². The van der Waals surface area contributed by atoms with E-state index in [9.17, 15) is 14.9 Å². The fourth-order valence-electron chi connectivity index (χ4n) is 4.41. The Kier molecular flexibility index (Phi) is 14.9. The number of hydrogen-bond donors (Lipinski definition) is 1. The van der Waals surface area contributed by atoms with Gasteiger partial charge in [0.2, 0.25) is 0 Å². The molecule has 1 amide bonds. The predicted molar refractivity (Wildman–Crippen MR) is 162 cm³/mol. The summed E-state index contributed by atoms with van der Waals surface area (Å²) in [6.45, 7) is 8.26. The number of alkyl carbamates (subject to hydrolysis) is 1. The van der Waals surface area contributed by atoms with Crippen molar-refractivity contribution in [2.75, 3.05) is 6.54 Å². The molecule has 0 saturated heterocycles. The van der Waals surface area contributed by atoms with Gasteiger partial charge in [-0.3, -0.25) is 10.1 Å². The Labute approximate surface area is 240 Å². The van der Waals surface area contributed by atoms with Crippen LogP contribution in [-0.2, 0) is 17.6 Å². The Morgan fingerprint density at radius 3 is 2.00 bits per heavy atom. The first-order valence-corrected chi connectivity index (χ1v) is 14.9. The molecule has 0 saturated carbocycles. The zero-order chi connectivity index (χ0) is 29.2. The van der Waals surface area contributed by atoms with Gasteiger partial charge in [-0.1, -0.05) is 82.9 Å². The Morgan fingerprint density at radius 1 is 0.825 bits per heavy atom. The minimum Gasteiger partial charge on any atom is -0.444 e. The van der Waals surface area contributed by atoms with E-state index in [4.69, 9.17) is 4.74 Å². The highest BCUT2D eigenvalue weighted by Crippen LogP contribution is 2.30. The fourth-order valence-corrected chi connectivity index (χ4v) is 4.41. The second-order valence-corrected chi connectivity index (χ2v) is 11.4. The fraction of sp³-hybridized carbons (Fsp3) is 0.594. The molecule has 0 spiro atoms. The highest BCUT2D eigenvalue weighted by molar-refractivity contribution is 5.67. The maximum atomic E-state index is 11.7. The summed E-state index contributed by atoms with van der Waals surface area (Å²) in [6.07, 6.45) is 14.7. The van der Waals surface area contributed by atoms with Crippen LogP contribution < -0.4 is 5.32 Å². The van der Waals surface area contributed by atoms with Crippen molar-refractivity contribution in [2.24, 2.45) is 10.2 Å². The monoisotopic (exact) mass is 552 g/mol. The molecular weight excluding hydrogens is 504 g/mol. The number of nitro benzene ring substituents is 1. The summed E-state index contributed by atoms with van der Waals surface area (Å²) in [5.41, 5.74) is 2.43. The number of benzene rings is 2. The summed E-state index contributed by atoms with van der Waals surface area (Å²) >= 11 is 0. The van der Waals surface area contributed by atoms with Crippen LogP contribution in [-0.4, -0.2) is 23.2 Å². The van der Waals surface area contributed by atoms with Crippen molar-refractivity contribution in [3.05, 3.63) is 63.7 Å². The molecule has 0 fully saturated rings. The molecule has 0 bridgehead atoms. The lowest BCUT2D eigenvalue weighted by molar-refractivity contribution is -0.384. The molecule has 8 nitrogen and oxygen atoms in total. The van der Waals surface area contributed by atoms with Crippen molar-refractivity contribution in [1.29, 1.82) is 0 Å². The quantitative estimate of drug-likeness (QED) is 0.0859. The van der Waals surface area contributed by atoms with Crippen LogP contribution in [0.4, 0.5) is 21.9 Å². The van der Waals surface area contributed by atoms with Crippen molar-refractivity contribution in [1.82, 2.24) is 5.32 Å². The Balaban J connectivity index is 1.77. The van der Waals surface area contributed by atoms with Gasteiger partial charge >= 0.3 is 6.09 Å². The van der Waals surface area contributed by atoms with Gasteiger partial charge in [0.05, 0.1) is 10.6 Å². The number of unbranched alkanes of at least 4 members (excludes halogenated alkanes) is 9. The van der Waals surface area contributed by atoms with Crippen LogP contribution in [0, 0.1) is 10.1 Å². The highest BCUT2D eigenvalue weighted by Gasteiger charge is 2.16. The normalized spacial score (nSPS) is 11.6. The summed E-state index contributed by atoms with van der Waals surface area (Å²) in [7, 11) is 0. The van der Waals surface area contributed by atoms with E-state index in [1.54, 1.807) is 12.1 Å². The van der Waals surface area contributed by atoms with Crippen LogP contribution >= 0.6 is 0 Å². The lowest BCUT2D eigenvalue weighted by Gasteiger charge is -2.19. The first kappa shape index (κ1) is 32.9. The van der Waals surface area contributed by atoms with Gasteiger partial charge in [0, 0.05) is 12.6 Å². The molecule has 0 atom stereocenters. The number of nitrogens with zero attached hydrogens (tertiary/aromatic N) is 3. The molecule has 2 aromatic carbocycles. The van der Waals surface area contributed by atoms with Gasteiger partial charge in [-0.2, -0.15) is 5.11 Å². The van der Waals surface area contributed by atoms with E-state index in [-0.39, 0.29) is 16.3 Å². The van der Waals surface area contributed by atoms with Crippen LogP contribution in [0.1, 0.15) is 109 Å². The molecule has 0 aliphatic carbocycles. The SMILES string of the molecule is CCCCCCCCCCCCc1ccc(N=Nc2ccc(CCCNC(=O)OC(C)(C)C)cc2)c([N+](=O)[O-])c1. The van der Waals surface area contributed by atoms with E-state index in [1.807, 2.05) is 51.1 Å². The molecule has 40 heavy (non-hydrogen) atoms. The summed E-state index contributed by atoms with van der Waals surface area (Å²) < 4.78 is 5.23. The largest absolute Gasteiger partial charge is 0.444 e. The molecule has 0 aliphatic heterocycles. The van der Waals surface area contributed by atoms with Gasteiger partial charge in [-0.05, 0) is 75.8 Å². The molecule has 0 radical (unpaired) electrons. The van der Waals surface area contributed by atoms with Gasteiger partial charge in [0.15, 0.2) is 5.69 Å². The minimum atomic E-state index is -0.511. The molecule has 220 valence electrons. The number of rotatable bonds is 18. The number of azo groups is 1. The van der Waals surface area contributed by atoms with Gasteiger partial charge in [0.25, 0.3) is 5.69 Å². The molecule has 0 aliphatic rings.